The number of rotatable bonds is 3. The standard InChI is InChI=1S/C7H12O2.C4H6O.C4H9.C3H6O.Li/c8-5-1-3-7-4-2-6-9-7;1-2-4-5-3-1;1-4(2)3;1-2-4-3-1;/h4,8H,1-3,5-6H2;1,3H,2,4H2;1-3H3;1-3H2;/q;;-1;;+1. The maximum atomic E-state index is 8.44. The zero-order chi connectivity index (χ0) is 16.5. The quantitative estimate of drug-likeness (QED) is 0.623. The third kappa shape index (κ3) is 21.6. The molecule has 0 bridgehead atoms. The maximum Gasteiger partial charge on any atom is 1.00 e. The van der Waals surface area contributed by atoms with E-state index in [1.807, 2.05) is 6.08 Å². The number of ether oxygens (including phenoxy) is 3. The number of hydrogen-bond donors (Lipinski definition) is 1. The van der Waals surface area contributed by atoms with Gasteiger partial charge in [-0.05, 0) is 25.0 Å². The third-order valence-corrected chi connectivity index (χ3v) is 2.53. The van der Waals surface area contributed by atoms with Crippen LogP contribution in [-0.2, 0) is 14.2 Å². The summed E-state index contributed by atoms with van der Waals surface area (Å²) in [6.45, 7) is 10.2. The fraction of sp³-hybridized carbons (Fsp3) is 0.722. The third-order valence-electron chi connectivity index (χ3n) is 2.53. The number of hydrogen-bond acceptors (Lipinski definition) is 4. The minimum atomic E-state index is 0. The van der Waals surface area contributed by atoms with Crippen LogP contribution in [0.15, 0.2) is 24.2 Å². The molecule has 0 atom stereocenters. The zero-order valence-corrected chi connectivity index (χ0v) is 15.5. The molecule has 1 saturated heterocycles. The van der Waals surface area contributed by atoms with Gasteiger partial charge in [-0.1, -0.05) is 0 Å². The van der Waals surface area contributed by atoms with Gasteiger partial charge in [0, 0.05) is 39.1 Å². The molecule has 0 aliphatic carbocycles. The van der Waals surface area contributed by atoms with Crippen molar-refractivity contribution < 1.29 is 38.2 Å². The zero-order valence-electron chi connectivity index (χ0n) is 15.5. The van der Waals surface area contributed by atoms with Crippen LogP contribution in [0.25, 0.3) is 0 Å². The maximum absolute atomic E-state index is 8.44. The van der Waals surface area contributed by atoms with Crippen LogP contribution in [-0.4, -0.2) is 38.1 Å². The van der Waals surface area contributed by atoms with E-state index in [2.05, 4.69) is 26.8 Å². The first-order chi connectivity index (χ1) is 10.7. The largest absolute Gasteiger partial charge is 1.00 e. The first kappa shape index (κ1) is 24.8. The molecule has 23 heavy (non-hydrogen) atoms. The molecule has 3 rings (SSSR count). The van der Waals surface area contributed by atoms with Crippen LogP contribution >= 0.6 is 0 Å². The minimum Gasteiger partial charge on any atom is -0.501 e. The van der Waals surface area contributed by atoms with Crippen molar-refractivity contribution >= 4 is 0 Å². The van der Waals surface area contributed by atoms with Crippen molar-refractivity contribution in [1.82, 2.24) is 0 Å². The van der Waals surface area contributed by atoms with E-state index in [1.54, 1.807) is 6.26 Å². The van der Waals surface area contributed by atoms with Crippen molar-refractivity contribution in [3.8, 4) is 0 Å². The summed E-state index contributed by atoms with van der Waals surface area (Å²) in [5.74, 6) is 2.48. The molecule has 3 aliphatic rings. The SMILES string of the molecule is C1=COCC1.C1COC1.C[C-](C)C.OCCCC1=CCCO1.[Li+]. The van der Waals surface area contributed by atoms with Crippen LogP contribution in [0.1, 0.15) is 52.9 Å². The Labute approximate surface area is 154 Å². The molecular weight excluding hydrogens is 287 g/mol. The van der Waals surface area contributed by atoms with E-state index in [-0.39, 0.29) is 25.5 Å². The normalized spacial score (nSPS) is 16.7. The molecular formula is C18H33LiO4. The van der Waals surface area contributed by atoms with Gasteiger partial charge in [0.05, 0.1) is 25.2 Å². The van der Waals surface area contributed by atoms with Gasteiger partial charge in [-0.2, -0.15) is 20.8 Å². The summed E-state index contributed by atoms with van der Waals surface area (Å²) < 4.78 is 14.7. The Morgan fingerprint density at radius 3 is 1.96 bits per heavy atom. The summed E-state index contributed by atoms with van der Waals surface area (Å²) in [6.07, 6.45) is 11.0. The number of aliphatic hydroxyl groups excluding tert-OH is 1. The summed E-state index contributed by atoms with van der Waals surface area (Å²) in [4.78, 5) is 0. The molecule has 130 valence electrons. The van der Waals surface area contributed by atoms with Gasteiger partial charge in [0.15, 0.2) is 0 Å². The molecule has 1 fully saturated rings. The van der Waals surface area contributed by atoms with E-state index in [0.29, 0.717) is 0 Å². The molecule has 4 nitrogen and oxygen atoms in total. The molecule has 0 spiro atoms. The number of aliphatic hydroxyl groups is 1. The summed E-state index contributed by atoms with van der Waals surface area (Å²) in [6, 6.07) is 0. The van der Waals surface area contributed by atoms with Crippen LogP contribution in [0.4, 0.5) is 0 Å². The topological polar surface area (TPSA) is 47.9 Å². The van der Waals surface area contributed by atoms with Gasteiger partial charge in [0.25, 0.3) is 0 Å². The van der Waals surface area contributed by atoms with Gasteiger partial charge in [0.1, 0.15) is 0 Å². The van der Waals surface area contributed by atoms with Gasteiger partial charge in [-0.3, -0.25) is 0 Å². The predicted octanol–water partition coefficient (Wildman–Crippen LogP) is 1.01. The van der Waals surface area contributed by atoms with Crippen molar-refractivity contribution in [3.63, 3.8) is 0 Å². The van der Waals surface area contributed by atoms with Gasteiger partial charge in [0.2, 0.25) is 0 Å². The fourth-order valence-corrected chi connectivity index (χ4v) is 1.38. The summed E-state index contributed by atoms with van der Waals surface area (Å²) >= 11 is 0. The van der Waals surface area contributed by atoms with Gasteiger partial charge < -0.3 is 25.2 Å². The Balaban J connectivity index is 0. The van der Waals surface area contributed by atoms with Crippen molar-refractivity contribution in [2.75, 3.05) is 33.0 Å². The van der Waals surface area contributed by atoms with Crippen molar-refractivity contribution in [1.29, 1.82) is 0 Å². The second-order valence-corrected chi connectivity index (χ2v) is 5.63. The van der Waals surface area contributed by atoms with Crippen molar-refractivity contribution in [2.45, 2.75) is 52.9 Å². The molecule has 0 aromatic carbocycles. The second-order valence-electron chi connectivity index (χ2n) is 5.63. The molecule has 0 aromatic rings. The van der Waals surface area contributed by atoms with Crippen LogP contribution in [0, 0.1) is 5.92 Å². The van der Waals surface area contributed by atoms with Crippen molar-refractivity contribution in [3.05, 3.63) is 30.1 Å². The Morgan fingerprint density at radius 1 is 1.09 bits per heavy atom. The van der Waals surface area contributed by atoms with Crippen LogP contribution in [0.3, 0.4) is 0 Å². The summed E-state index contributed by atoms with van der Waals surface area (Å²) in [5.41, 5.74) is 0. The number of allylic oxidation sites excluding steroid dienone is 1. The molecule has 1 N–H and O–H groups in total. The predicted molar refractivity (Wildman–Crippen MR) is 90.4 cm³/mol. The van der Waals surface area contributed by atoms with Crippen LogP contribution in [0.5, 0.6) is 0 Å². The van der Waals surface area contributed by atoms with E-state index in [1.165, 1.54) is 12.3 Å². The average Bonchev–Trinajstić information content (AvgIpc) is 3.09. The fourth-order valence-electron chi connectivity index (χ4n) is 1.38. The van der Waals surface area contributed by atoms with Gasteiger partial charge >= 0.3 is 18.9 Å². The van der Waals surface area contributed by atoms with Gasteiger partial charge in [-0.15, -0.1) is 0 Å². The summed E-state index contributed by atoms with van der Waals surface area (Å²) in [5, 5.41) is 8.44. The molecule has 0 unspecified atom stereocenters. The monoisotopic (exact) mass is 320 g/mol. The molecule has 0 saturated carbocycles. The molecule has 5 heteroatoms. The molecule has 0 aromatic heterocycles. The van der Waals surface area contributed by atoms with E-state index >= 15 is 0 Å². The molecule has 3 aliphatic heterocycles. The second kappa shape index (κ2) is 19.6. The van der Waals surface area contributed by atoms with Gasteiger partial charge in [-0.25, -0.2) is 0 Å². The van der Waals surface area contributed by atoms with E-state index in [9.17, 15) is 0 Å². The minimum absolute atomic E-state index is 0. The summed E-state index contributed by atoms with van der Waals surface area (Å²) in [7, 11) is 0. The van der Waals surface area contributed by atoms with E-state index in [0.717, 1.165) is 57.9 Å². The molecule has 0 radical (unpaired) electrons. The Kier molecular flexibility index (Phi) is 21.2. The van der Waals surface area contributed by atoms with Crippen LogP contribution in [0.2, 0.25) is 0 Å². The van der Waals surface area contributed by atoms with Crippen LogP contribution < -0.4 is 18.9 Å². The van der Waals surface area contributed by atoms with E-state index in [4.69, 9.17) is 19.3 Å². The Morgan fingerprint density at radius 2 is 1.70 bits per heavy atom. The molecule has 0 amide bonds. The molecule has 3 heterocycles. The first-order valence-electron chi connectivity index (χ1n) is 8.20. The van der Waals surface area contributed by atoms with Crippen molar-refractivity contribution in [2.24, 2.45) is 0 Å². The Hall–Kier alpha value is -0.403. The average molecular weight is 320 g/mol. The smallest absolute Gasteiger partial charge is 0.501 e. The first-order valence-corrected chi connectivity index (χ1v) is 8.20. The Bertz CT molecular complexity index is 274. The van der Waals surface area contributed by atoms with E-state index < -0.39 is 0 Å².